The van der Waals surface area contributed by atoms with Crippen molar-refractivity contribution in [3.8, 4) is 0 Å². The minimum Gasteiger partial charge on any atom is -0.398 e. The molecule has 5 nitrogen and oxygen atoms in total. The molecular weight excluding hydrogens is 260 g/mol. The third-order valence-electron chi connectivity index (χ3n) is 3.59. The Morgan fingerprint density at radius 2 is 2.37 bits per heavy atom. The molecular formula is C13H16N4OS. The van der Waals surface area contributed by atoms with Crippen LogP contribution in [0.25, 0.3) is 0 Å². The monoisotopic (exact) mass is 276 g/mol. The standard InChI is InChI=1S/C13H16N4OS/c1-8-9(3-2-4-10(8)14)12-15-16-13(18)11-7-19-6-5-17(11)12/h2-4,11H,5-7,14H2,1H3,(H,16,18). The Morgan fingerprint density at radius 3 is 3.21 bits per heavy atom. The van der Waals surface area contributed by atoms with Gasteiger partial charge in [-0.05, 0) is 18.6 Å². The molecule has 1 aromatic carbocycles. The van der Waals surface area contributed by atoms with Gasteiger partial charge in [0.1, 0.15) is 6.04 Å². The number of amidine groups is 1. The van der Waals surface area contributed by atoms with E-state index < -0.39 is 0 Å². The molecule has 0 aromatic heterocycles. The predicted octanol–water partition coefficient (Wildman–Crippen LogP) is 0.786. The second-order valence-electron chi connectivity index (χ2n) is 4.72. The molecule has 6 heteroatoms. The number of fused-ring (bicyclic) bond motifs is 1. The number of hydrazone groups is 1. The molecule has 2 aliphatic rings. The zero-order chi connectivity index (χ0) is 13.4. The van der Waals surface area contributed by atoms with Crippen LogP contribution in [0, 0.1) is 6.92 Å². The minimum atomic E-state index is -0.118. The van der Waals surface area contributed by atoms with E-state index in [4.69, 9.17) is 5.73 Å². The molecule has 3 N–H and O–H groups in total. The molecule has 0 radical (unpaired) electrons. The molecule has 1 unspecified atom stereocenters. The van der Waals surface area contributed by atoms with Crippen molar-refractivity contribution in [1.29, 1.82) is 0 Å². The molecule has 0 spiro atoms. The fourth-order valence-electron chi connectivity index (χ4n) is 2.43. The maximum Gasteiger partial charge on any atom is 0.263 e. The first kappa shape index (κ1) is 12.3. The number of carbonyl (C=O) groups is 1. The van der Waals surface area contributed by atoms with Crippen LogP contribution >= 0.6 is 11.8 Å². The quantitative estimate of drug-likeness (QED) is 0.744. The highest BCUT2D eigenvalue weighted by molar-refractivity contribution is 7.99. The lowest BCUT2D eigenvalue weighted by molar-refractivity contribution is -0.125. The van der Waals surface area contributed by atoms with E-state index >= 15 is 0 Å². The van der Waals surface area contributed by atoms with Crippen LogP contribution in [-0.4, -0.2) is 40.7 Å². The third-order valence-corrected chi connectivity index (χ3v) is 4.61. The van der Waals surface area contributed by atoms with Crippen molar-refractivity contribution in [3.05, 3.63) is 29.3 Å². The predicted molar refractivity (Wildman–Crippen MR) is 78.1 cm³/mol. The molecule has 1 saturated heterocycles. The summed E-state index contributed by atoms with van der Waals surface area (Å²) in [6, 6.07) is 5.68. The number of hydrogen-bond donors (Lipinski definition) is 2. The average Bonchev–Trinajstić information content (AvgIpc) is 2.43. The van der Waals surface area contributed by atoms with Crippen molar-refractivity contribution in [1.82, 2.24) is 10.3 Å². The molecule has 1 aromatic rings. The second kappa shape index (κ2) is 4.77. The zero-order valence-corrected chi connectivity index (χ0v) is 11.5. The van der Waals surface area contributed by atoms with Crippen LogP contribution in [0.3, 0.4) is 0 Å². The highest BCUT2D eigenvalue weighted by Crippen LogP contribution is 2.25. The first-order valence-corrected chi connectivity index (χ1v) is 7.41. The fraction of sp³-hybridized carbons (Fsp3) is 0.385. The summed E-state index contributed by atoms with van der Waals surface area (Å²) < 4.78 is 0. The van der Waals surface area contributed by atoms with Crippen molar-refractivity contribution in [3.63, 3.8) is 0 Å². The number of nitrogen functional groups attached to an aromatic ring is 1. The van der Waals surface area contributed by atoms with Crippen LogP contribution in [0.15, 0.2) is 23.3 Å². The van der Waals surface area contributed by atoms with Gasteiger partial charge in [0.25, 0.3) is 5.91 Å². The van der Waals surface area contributed by atoms with E-state index in [-0.39, 0.29) is 11.9 Å². The van der Waals surface area contributed by atoms with Gasteiger partial charge in [-0.2, -0.15) is 16.9 Å². The summed E-state index contributed by atoms with van der Waals surface area (Å²) in [5, 5.41) is 4.25. The summed E-state index contributed by atoms with van der Waals surface area (Å²) >= 11 is 1.81. The highest BCUT2D eigenvalue weighted by Gasteiger charge is 2.35. The molecule has 1 fully saturated rings. The number of nitrogens with two attached hydrogens (primary N) is 1. The Kier molecular flexibility index (Phi) is 3.10. The molecule has 3 rings (SSSR count). The number of thioether (sulfide) groups is 1. The zero-order valence-electron chi connectivity index (χ0n) is 10.7. The number of anilines is 1. The maximum atomic E-state index is 11.9. The van der Waals surface area contributed by atoms with Gasteiger partial charge in [-0.25, -0.2) is 5.43 Å². The molecule has 100 valence electrons. The Balaban J connectivity index is 2.04. The van der Waals surface area contributed by atoms with Gasteiger partial charge in [-0.1, -0.05) is 12.1 Å². The summed E-state index contributed by atoms with van der Waals surface area (Å²) in [4.78, 5) is 14.0. The first-order valence-electron chi connectivity index (χ1n) is 6.26. The Hall–Kier alpha value is -1.69. The lowest BCUT2D eigenvalue weighted by atomic mass is 10.0. The van der Waals surface area contributed by atoms with Gasteiger partial charge in [0.2, 0.25) is 0 Å². The van der Waals surface area contributed by atoms with Crippen molar-refractivity contribution >= 4 is 29.2 Å². The maximum absolute atomic E-state index is 11.9. The Morgan fingerprint density at radius 1 is 1.53 bits per heavy atom. The van der Waals surface area contributed by atoms with Gasteiger partial charge in [0.15, 0.2) is 5.84 Å². The highest BCUT2D eigenvalue weighted by atomic mass is 32.2. The molecule has 0 saturated carbocycles. The summed E-state index contributed by atoms with van der Waals surface area (Å²) in [5.41, 5.74) is 11.3. The second-order valence-corrected chi connectivity index (χ2v) is 5.87. The minimum absolute atomic E-state index is 0.0162. The summed E-state index contributed by atoms with van der Waals surface area (Å²) in [6.07, 6.45) is 0. The normalized spacial score (nSPS) is 22.6. The Bertz CT molecular complexity index is 558. The van der Waals surface area contributed by atoms with Crippen molar-refractivity contribution in [2.75, 3.05) is 23.8 Å². The molecule has 1 atom stereocenters. The largest absolute Gasteiger partial charge is 0.398 e. The van der Waals surface area contributed by atoms with E-state index in [2.05, 4.69) is 15.4 Å². The number of nitrogens with zero attached hydrogens (tertiary/aromatic N) is 2. The lowest BCUT2D eigenvalue weighted by Gasteiger charge is -2.39. The molecule has 1 amide bonds. The summed E-state index contributed by atoms with van der Waals surface area (Å²) in [7, 11) is 0. The Labute approximate surface area is 116 Å². The molecule has 0 bridgehead atoms. The van der Waals surface area contributed by atoms with Crippen LogP contribution in [0.1, 0.15) is 11.1 Å². The third kappa shape index (κ3) is 2.06. The van der Waals surface area contributed by atoms with E-state index in [1.807, 2.05) is 25.1 Å². The molecule has 0 aliphatic carbocycles. The van der Waals surface area contributed by atoms with Gasteiger partial charge >= 0.3 is 0 Å². The van der Waals surface area contributed by atoms with E-state index in [1.165, 1.54) is 0 Å². The summed E-state index contributed by atoms with van der Waals surface area (Å²) in [5.74, 6) is 2.64. The number of amides is 1. The SMILES string of the molecule is Cc1c(N)cccc1C1=NNC(=O)C2CSCCN12. The van der Waals surface area contributed by atoms with Crippen molar-refractivity contribution < 1.29 is 4.79 Å². The van der Waals surface area contributed by atoms with Crippen LogP contribution < -0.4 is 11.2 Å². The number of nitrogens with one attached hydrogen (secondary N) is 1. The van der Waals surface area contributed by atoms with E-state index in [1.54, 1.807) is 11.8 Å². The molecule has 2 aliphatic heterocycles. The van der Waals surface area contributed by atoms with Crippen molar-refractivity contribution in [2.45, 2.75) is 13.0 Å². The van der Waals surface area contributed by atoms with E-state index in [0.717, 1.165) is 40.7 Å². The van der Waals surface area contributed by atoms with Crippen molar-refractivity contribution in [2.24, 2.45) is 5.10 Å². The van der Waals surface area contributed by atoms with Gasteiger partial charge in [0.05, 0.1) is 0 Å². The van der Waals surface area contributed by atoms with Crippen LogP contribution in [0.5, 0.6) is 0 Å². The number of carbonyl (C=O) groups excluding carboxylic acids is 1. The molecule has 2 heterocycles. The summed E-state index contributed by atoms with van der Waals surface area (Å²) in [6.45, 7) is 2.83. The molecule has 19 heavy (non-hydrogen) atoms. The first-order chi connectivity index (χ1) is 9.18. The van der Waals surface area contributed by atoms with Crippen LogP contribution in [0.2, 0.25) is 0 Å². The lowest BCUT2D eigenvalue weighted by Crippen LogP contribution is -2.57. The van der Waals surface area contributed by atoms with Gasteiger partial charge in [0, 0.05) is 29.3 Å². The van der Waals surface area contributed by atoms with E-state index in [9.17, 15) is 4.79 Å². The number of benzene rings is 1. The van der Waals surface area contributed by atoms with Crippen LogP contribution in [-0.2, 0) is 4.79 Å². The van der Waals surface area contributed by atoms with Gasteiger partial charge < -0.3 is 10.6 Å². The van der Waals surface area contributed by atoms with E-state index in [0.29, 0.717) is 0 Å². The smallest absolute Gasteiger partial charge is 0.263 e. The van der Waals surface area contributed by atoms with Gasteiger partial charge in [-0.15, -0.1) is 0 Å². The average molecular weight is 276 g/mol. The number of rotatable bonds is 1. The fourth-order valence-corrected chi connectivity index (χ4v) is 3.48. The number of hydrogen-bond acceptors (Lipinski definition) is 5. The topological polar surface area (TPSA) is 70.7 Å². The van der Waals surface area contributed by atoms with Crippen LogP contribution in [0.4, 0.5) is 5.69 Å². The van der Waals surface area contributed by atoms with Gasteiger partial charge in [-0.3, -0.25) is 4.79 Å².